The Morgan fingerprint density at radius 2 is 2.42 bits per heavy atom. The zero-order chi connectivity index (χ0) is 8.39. The van der Waals surface area contributed by atoms with Crippen LogP contribution in [0.5, 0.6) is 0 Å². The molecule has 0 aliphatic carbocycles. The lowest BCUT2D eigenvalue weighted by atomic mass is 10.2. The fourth-order valence-electron chi connectivity index (χ4n) is 1.73. The van der Waals surface area contributed by atoms with Gasteiger partial charge in [0.05, 0.1) is 12.6 Å². The number of hydrogen-bond acceptors (Lipinski definition) is 4. The molecule has 0 aromatic heterocycles. The molecule has 2 N–H and O–H groups in total. The number of aliphatic imine (C=N–C) groups is 1. The second-order valence-electron chi connectivity index (χ2n) is 3.46. The van der Waals surface area contributed by atoms with Crippen LogP contribution in [0.25, 0.3) is 0 Å². The van der Waals surface area contributed by atoms with Crippen LogP contribution in [0.4, 0.5) is 0 Å². The van der Waals surface area contributed by atoms with Gasteiger partial charge in [-0.05, 0) is 7.05 Å². The maximum absolute atomic E-state index is 4.41. The van der Waals surface area contributed by atoms with E-state index in [0.29, 0.717) is 6.04 Å². The zero-order valence-electron chi connectivity index (χ0n) is 7.51. The average molecular weight is 168 g/mol. The lowest BCUT2D eigenvalue weighted by Gasteiger charge is -2.30. The lowest BCUT2D eigenvalue weighted by Crippen LogP contribution is -2.55. The van der Waals surface area contributed by atoms with Crippen molar-refractivity contribution in [2.24, 2.45) is 4.99 Å². The van der Waals surface area contributed by atoms with Gasteiger partial charge in [-0.2, -0.15) is 0 Å². The molecule has 4 nitrogen and oxygen atoms in total. The summed E-state index contributed by atoms with van der Waals surface area (Å²) >= 11 is 0. The van der Waals surface area contributed by atoms with Gasteiger partial charge in [0.2, 0.25) is 0 Å². The van der Waals surface area contributed by atoms with Gasteiger partial charge in [-0.25, -0.2) is 0 Å². The van der Waals surface area contributed by atoms with Gasteiger partial charge in [0, 0.05) is 26.2 Å². The molecule has 1 fully saturated rings. The predicted molar refractivity (Wildman–Crippen MR) is 49.6 cm³/mol. The molecule has 0 spiro atoms. The molecule has 68 valence electrons. The third kappa shape index (κ3) is 1.59. The van der Waals surface area contributed by atoms with Crippen molar-refractivity contribution in [1.29, 1.82) is 0 Å². The molecule has 0 saturated carbocycles. The molecule has 1 unspecified atom stereocenters. The molecule has 0 bridgehead atoms. The van der Waals surface area contributed by atoms with Crippen molar-refractivity contribution in [3.05, 3.63) is 0 Å². The molecule has 1 atom stereocenters. The number of nitrogens with zero attached hydrogens (tertiary/aromatic N) is 2. The van der Waals surface area contributed by atoms with E-state index < -0.39 is 0 Å². The summed E-state index contributed by atoms with van der Waals surface area (Å²) in [6.45, 7) is 5.24. The Morgan fingerprint density at radius 3 is 3.08 bits per heavy atom. The van der Waals surface area contributed by atoms with E-state index in [1.165, 1.54) is 0 Å². The highest BCUT2D eigenvalue weighted by atomic mass is 15.2. The van der Waals surface area contributed by atoms with E-state index in [-0.39, 0.29) is 0 Å². The fraction of sp³-hybridized carbons (Fsp3) is 0.875. The topological polar surface area (TPSA) is 39.7 Å². The van der Waals surface area contributed by atoms with Crippen LogP contribution in [0.2, 0.25) is 0 Å². The molecule has 0 amide bonds. The molecule has 0 aromatic carbocycles. The normalized spacial score (nSPS) is 31.4. The Labute approximate surface area is 73.0 Å². The largest absolute Gasteiger partial charge is 0.371 e. The van der Waals surface area contributed by atoms with Crippen LogP contribution < -0.4 is 10.6 Å². The van der Waals surface area contributed by atoms with E-state index >= 15 is 0 Å². The molecule has 0 radical (unpaired) electrons. The van der Waals surface area contributed by atoms with Crippen molar-refractivity contribution in [2.45, 2.75) is 6.04 Å². The molecule has 2 heterocycles. The van der Waals surface area contributed by atoms with Crippen molar-refractivity contribution in [1.82, 2.24) is 15.5 Å². The van der Waals surface area contributed by atoms with Crippen LogP contribution in [0.3, 0.4) is 0 Å². The quantitative estimate of drug-likeness (QED) is 0.521. The first-order valence-corrected chi connectivity index (χ1v) is 4.56. The standard InChI is InChI=1S/C8H16N4/c1-12-5-4-9-7(6-12)8-10-2-3-11-8/h7,9H,2-6H2,1H3,(H,10,11). The summed E-state index contributed by atoms with van der Waals surface area (Å²) in [5, 5.41) is 6.76. The minimum Gasteiger partial charge on any atom is -0.371 e. The molecule has 2 rings (SSSR count). The third-order valence-electron chi connectivity index (χ3n) is 2.41. The van der Waals surface area contributed by atoms with E-state index in [1.54, 1.807) is 0 Å². The van der Waals surface area contributed by atoms with E-state index in [9.17, 15) is 0 Å². The van der Waals surface area contributed by atoms with Crippen LogP contribution in [0.1, 0.15) is 0 Å². The number of hydrogen-bond donors (Lipinski definition) is 2. The SMILES string of the molecule is CN1CCNC(C2=NCCN2)C1. The summed E-state index contributed by atoms with van der Waals surface area (Å²) in [6, 6.07) is 0.436. The van der Waals surface area contributed by atoms with Gasteiger partial charge < -0.3 is 15.5 Å². The van der Waals surface area contributed by atoms with Crippen LogP contribution in [0, 0.1) is 0 Å². The molecule has 0 aromatic rings. The summed E-state index contributed by atoms with van der Waals surface area (Å²) in [7, 11) is 2.16. The van der Waals surface area contributed by atoms with Gasteiger partial charge >= 0.3 is 0 Å². The number of rotatable bonds is 1. The summed E-state index contributed by atoms with van der Waals surface area (Å²) in [5.41, 5.74) is 0. The van der Waals surface area contributed by atoms with Gasteiger partial charge in [0.15, 0.2) is 0 Å². The smallest absolute Gasteiger partial charge is 0.115 e. The number of piperazine rings is 1. The van der Waals surface area contributed by atoms with Gasteiger partial charge in [0.1, 0.15) is 5.84 Å². The Balaban J connectivity index is 1.94. The first kappa shape index (κ1) is 8.01. The van der Waals surface area contributed by atoms with Crippen molar-refractivity contribution in [3.63, 3.8) is 0 Å². The highest BCUT2D eigenvalue weighted by molar-refractivity contribution is 5.89. The molecular weight excluding hydrogens is 152 g/mol. The minimum absolute atomic E-state index is 0.436. The Morgan fingerprint density at radius 1 is 1.50 bits per heavy atom. The Hall–Kier alpha value is -0.610. The van der Waals surface area contributed by atoms with Crippen molar-refractivity contribution < 1.29 is 0 Å². The highest BCUT2D eigenvalue weighted by Crippen LogP contribution is 1.99. The first-order valence-electron chi connectivity index (χ1n) is 4.56. The van der Waals surface area contributed by atoms with E-state index in [2.05, 4.69) is 27.6 Å². The van der Waals surface area contributed by atoms with Crippen molar-refractivity contribution in [2.75, 3.05) is 39.8 Å². The second-order valence-corrected chi connectivity index (χ2v) is 3.46. The zero-order valence-corrected chi connectivity index (χ0v) is 7.51. The summed E-state index contributed by atoms with van der Waals surface area (Å²) in [6.07, 6.45) is 0. The minimum atomic E-state index is 0.436. The fourth-order valence-corrected chi connectivity index (χ4v) is 1.73. The summed E-state index contributed by atoms with van der Waals surface area (Å²) < 4.78 is 0. The number of likely N-dealkylation sites (N-methyl/N-ethyl adjacent to an activating group) is 1. The van der Waals surface area contributed by atoms with E-state index in [4.69, 9.17) is 0 Å². The Bertz CT molecular complexity index is 189. The van der Waals surface area contributed by atoms with Crippen LogP contribution >= 0.6 is 0 Å². The van der Waals surface area contributed by atoms with Gasteiger partial charge in [-0.15, -0.1) is 0 Å². The monoisotopic (exact) mass is 168 g/mol. The van der Waals surface area contributed by atoms with Crippen LogP contribution in [0.15, 0.2) is 4.99 Å². The number of amidine groups is 1. The van der Waals surface area contributed by atoms with Crippen molar-refractivity contribution in [3.8, 4) is 0 Å². The third-order valence-corrected chi connectivity index (χ3v) is 2.41. The highest BCUT2D eigenvalue weighted by Gasteiger charge is 2.22. The predicted octanol–water partition coefficient (Wildman–Crippen LogP) is -1.11. The average Bonchev–Trinajstić information content (AvgIpc) is 2.56. The molecule has 4 heteroatoms. The number of nitrogens with one attached hydrogen (secondary N) is 2. The molecular formula is C8H16N4. The Kier molecular flexibility index (Phi) is 2.28. The maximum atomic E-state index is 4.41. The summed E-state index contributed by atoms with van der Waals surface area (Å²) in [4.78, 5) is 6.75. The van der Waals surface area contributed by atoms with Gasteiger partial charge in [-0.1, -0.05) is 0 Å². The van der Waals surface area contributed by atoms with Gasteiger partial charge in [-0.3, -0.25) is 4.99 Å². The lowest BCUT2D eigenvalue weighted by molar-refractivity contribution is 0.268. The van der Waals surface area contributed by atoms with Crippen LogP contribution in [-0.4, -0.2) is 56.5 Å². The van der Waals surface area contributed by atoms with Crippen molar-refractivity contribution >= 4 is 5.84 Å². The van der Waals surface area contributed by atoms with Gasteiger partial charge in [0.25, 0.3) is 0 Å². The van der Waals surface area contributed by atoms with Crippen LogP contribution in [-0.2, 0) is 0 Å². The molecule has 1 saturated heterocycles. The molecule has 2 aliphatic rings. The van der Waals surface area contributed by atoms with E-state index in [0.717, 1.165) is 38.6 Å². The second kappa shape index (κ2) is 3.41. The first-order chi connectivity index (χ1) is 5.86. The molecule has 12 heavy (non-hydrogen) atoms. The molecule has 2 aliphatic heterocycles. The van der Waals surface area contributed by atoms with E-state index in [1.807, 2.05) is 0 Å². The summed E-state index contributed by atoms with van der Waals surface area (Å²) in [5.74, 6) is 1.15. The maximum Gasteiger partial charge on any atom is 0.115 e.